The van der Waals surface area contributed by atoms with Gasteiger partial charge in [-0.2, -0.15) is 0 Å². The van der Waals surface area contributed by atoms with E-state index in [2.05, 4.69) is 18.0 Å². The van der Waals surface area contributed by atoms with Gasteiger partial charge in [0, 0.05) is 37.7 Å². The van der Waals surface area contributed by atoms with Crippen LogP contribution in [0.1, 0.15) is 37.8 Å². The Bertz CT molecular complexity index is 809. The number of piperidine rings is 1. The summed E-state index contributed by atoms with van der Waals surface area (Å²) >= 11 is 0. The quantitative estimate of drug-likeness (QED) is 0.836. The maximum atomic E-state index is 13.4. The van der Waals surface area contributed by atoms with Crippen molar-refractivity contribution in [1.29, 1.82) is 0 Å². The number of benzene rings is 1. The maximum absolute atomic E-state index is 13.4. The Hall–Kier alpha value is -2.63. The van der Waals surface area contributed by atoms with Crippen molar-refractivity contribution < 1.29 is 9.59 Å². The fourth-order valence-electron chi connectivity index (χ4n) is 4.07. The third-order valence-electron chi connectivity index (χ3n) is 5.83. The number of rotatable bonds is 4. The van der Waals surface area contributed by atoms with Crippen LogP contribution < -0.4 is 4.90 Å². The van der Waals surface area contributed by atoms with E-state index >= 15 is 0 Å². The Kier molecular flexibility index (Phi) is 4.97. The fourth-order valence-corrected chi connectivity index (χ4v) is 4.07. The summed E-state index contributed by atoms with van der Waals surface area (Å²) in [5.41, 5.74) is 2.15. The second kappa shape index (κ2) is 7.55. The lowest BCUT2D eigenvalue weighted by molar-refractivity contribution is -0.136. The molecule has 2 aromatic rings. The zero-order valence-corrected chi connectivity index (χ0v) is 15.8. The normalized spacial score (nSPS) is 18.4. The number of likely N-dealkylation sites (tertiary alicyclic amines) is 1. The summed E-state index contributed by atoms with van der Waals surface area (Å²) < 4.78 is 1.77. The van der Waals surface area contributed by atoms with Crippen molar-refractivity contribution in [1.82, 2.24) is 14.5 Å². The van der Waals surface area contributed by atoms with Gasteiger partial charge in [0.15, 0.2) is 0 Å². The number of anilines is 1. The molecule has 0 saturated carbocycles. The Labute approximate surface area is 159 Å². The summed E-state index contributed by atoms with van der Waals surface area (Å²) in [4.78, 5) is 34.1. The number of hydrogen-bond acceptors (Lipinski definition) is 3. The molecular formula is C21H26N4O2. The molecule has 2 aliphatic heterocycles. The molecule has 0 spiro atoms. The van der Waals surface area contributed by atoms with Crippen LogP contribution >= 0.6 is 0 Å². The number of hydrogen-bond donors (Lipinski definition) is 0. The van der Waals surface area contributed by atoms with Crippen LogP contribution in [0.15, 0.2) is 43.0 Å². The number of carbonyl (C=O) groups excluding carboxylic acids is 2. The number of imidazole rings is 1. The van der Waals surface area contributed by atoms with Crippen molar-refractivity contribution in [3.63, 3.8) is 0 Å². The molecule has 4 rings (SSSR count). The molecule has 0 aliphatic carbocycles. The number of para-hydroxylation sites is 1. The number of amides is 2. The minimum atomic E-state index is -0.550. The largest absolute Gasteiger partial charge is 0.343 e. The Morgan fingerprint density at radius 2 is 1.96 bits per heavy atom. The van der Waals surface area contributed by atoms with E-state index in [0.29, 0.717) is 12.5 Å². The monoisotopic (exact) mass is 366 g/mol. The molecule has 1 fully saturated rings. The van der Waals surface area contributed by atoms with Gasteiger partial charge in [0.05, 0.1) is 12.7 Å². The summed E-state index contributed by atoms with van der Waals surface area (Å²) in [5, 5.41) is 0. The van der Waals surface area contributed by atoms with Crippen molar-refractivity contribution in [3.8, 4) is 0 Å². The van der Waals surface area contributed by atoms with Crippen LogP contribution in [0.3, 0.4) is 0 Å². The maximum Gasteiger partial charge on any atom is 0.250 e. The predicted octanol–water partition coefficient (Wildman–Crippen LogP) is 2.66. The van der Waals surface area contributed by atoms with Crippen LogP contribution in [0, 0.1) is 5.92 Å². The molecule has 2 aliphatic rings. The van der Waals surface area contributed by atoms with Crippen LogP contribution in [0.2, 0.25) is 0 Å². The fraction of sp³-hybridized carbons (Fsp3) is 0.476. The first-order valence-corrected chi connectivity index (χ1v) is 9.78. The highest BCUT2D eigenvalue weighted by atomic mass is 16.2. The highest BCUT2D eigenvalue weighted by Gasteiger charge is 2.33. The van der Waals surface area contributed by atoms with Gasteiger partial charge < -0.3 is 14.4 Å². The predicted molar refractivity (Wildman–Crippen MR) is 103 cm³/mol. The molecule has 0 N–H and O–H groups in total. The number of aromatic nitrogens is 2. The van der Waals surface area contributed by atoms with Gasteiger partial charge in [0.1, 0.15) is 6.04 Å². The van der Waals surface area contributed by atoms with Crippen molar-refractivity contribution in [2.24, 2.45) is 5.92 Å². The summed E-state index contributed by atoms with van der Waals surface area (Å²) in [6.45, 7) is 4.47. The van der Waals surface area contributed by atoms with Gasteiger partial charge in [0.2, 0.25) is 5.91 Å². The van der Waals surface area contributed by atoms with Crippen LogP contribution in [-0.4, -0.2) is 45.9 Å². The van der Waals surface area contributed by atoms with E-state index in [1.54, 1.807) is 23.3 Å². The molecule has 1 aromatic carbocycles. The molecule has 6 nitrogen and oxygen atoms in total. The lowest BCUT2D eigenvalue weighted by Gasteiger charge is -2.32. The van der Waals surface area contributed by atoms with Gasteiger partial charge >= 0.3 is 0 Å². The topological polar surface area (TPSA) is 58.4 Å². The lowest BCUT2D eigenvalue weighted by Crippen LogP contribution is -2.42. The standard InChI is InChI=1S/C21H26N4O2/c1-16-6-10-23(11-7-16)20(26)14-19(24-13-9-22-15-24)21(27)25-12-8-17-4-2-3-5-18(17)25/h2-5,9,13,15-16,19H,6-8,10-12,14H2,1H3. The Balaban J connectivity index is 1.54. The first kappa shape index (κ1) is 17.8. The van der Waals surface area contributed by atoms with Crippen molar-refractivity contribution in [2.75, 3.05) is 24.5 Å². The molecule has 27 heavy (non-hydrogen) atoms. The van der Waals surface area contributed by atoms with Gasteiger partial charge in [0.25, 0.3) is 5.91 Å². The zero-order valence-electron chi connectivity index (χ0n) is 15.8. The van der Waals surface area contributed by atoms with Gasteiger partial charge in [-0.3, -0.25) is 9.59 Å². The molecule has 1 saturated heterocycles. The minimum absolute atomic E-state index is 0.0309. The van der Waals surface area contributed by atoms with E-state index in [9.17, 15) is 9.59 Å². The van der Waals surface area contributed by atoms with Crippen molar-refractivity contribution in [2.45, 2.75) is 38.6 Å². The molecule has 3 heterocycles. The zero-order chi connectivity index (χ0) is 18.8. The highest BCUT2D eigenvalue weighted by molar-refractivity contribution is 6.00. The van der Waals surface area contributed by atoms with Crippen LogP contribution in [0.5, 0.6) is 0 Å². The Morgan fingerprint density at radius 1 is 1.19 bits per heavy atom. The van der Waals surface area contributed by atoms with Gasteiger partial charge in [-0.05, 0) is 36.8 Å². The molecule has 6 heteroatoms. The molecule has 1 unspecified atom stereocenters. The van der Waals surface area contributed by atoms with Gasteiger partial charge in [-0.1, -0.05) is 25.1 Å². The average Bonchev–Trinajstić information content (AvgIpc) is 3.36. The van der Waals surface area contributed by atoms with Crippen LogP contribution in [0.25, 0.3) is 0 Å². The smallest absolute Gasteiger partial charge is 0.250 e. The van der Waals surface area contributed by atoms with E-state index in [1.165, 1.54) is 5.56 Å². The second-order valence-electron chi connectivity index (χ2n) is 7.66. The van der Waals surface area contributed by atoms with E-state index < -0.39 is 6.04 Å². The van der Waals surface area contributed by atoms with Crippen LogP contribution in [0.4, 0.5) is 5.69 Å². The highest BCUT2D eigenvalue weighted by Crippen LogP contribution is 2.31. The van der Waals surface area contributed by atoms with Crippen molar-refractivity contribution >= 4 is 17.5 Å². The van der Waals surface area contributed by atoms with Crippen molar-refractivity contribution in [3.05, 3.63) is 48.5 Å². The third-order valence-corrected chi connectivity index (χ3v) is 5.83. The summed E-state index contributed by atoms with van der Waals surface area (Å²) in [6.07, 6.45) is 8.18. The van der Waals surface area contributed by atoms with Gasteiger partial charge in [-0.25, -0.2) is 4.98 Å². The molecule has 0 radical (unpaired) electrons. The summed E-state index contributed by atoms with van der Waals surface area (Å²) in [5.74, 6) is 0.694. The number of fused-ring (bicyclic) bond motifs is 1. The SMILES string of the molecule is CC1CCN(C(=O)CC(C(=O)N2CCc3ccccc32)n2ccnc2)CC1. The molecular weight excluding hydrogens is 340 g/mol. The molecule has 142 valence electrons. The molecule has 0 bridgehead atoms. The minimum Gasteiger partial charge on any atom is -0.343 e. The first-order valence-electron chi connectivity index (χ1n) is 9.78. The average molecular weight is 366 g/mol. The molecule has 1 aromatic heterocycles. The van der Waals surface area contributed by atoms with Crippen LogP contribution in [-0.2, 0) is 16.0 Å². The number of carbonyl (C=O) groups is 2. The van der Waals surface area contributed by atoms with E-state index in [4.69, 9.17) is 0 Å². The third kappa shape index (κ3) is 3.61. The molecule has 2 amide bonds. The summed E-state index contributed by atoms with van der Waals surface area (Å²) in [6, 6.07) is 7.46. The molecule has 1 atom stereocenters. The Morgan fingerprint density at radius 3 is 2.70 bits per heavy atom. The number of nitrogens with zero attached hydrogens (tertiary/aromatic N) is 4. The lowest BCUT2D eigenvalue weighted by atomic mass is 9.98. The second-order valence-corrected chi connectivity index (χ2v) is 7.66. The summed E-state index contributed by atoms with van der Waals surface area (Å²) in [7, 11) is 0. The van der Waals surface area contributed by atoms with E-state index in [1.807, 2.05) is 28.0 Å². The van der Waals surface area contributed by atoms with E-state index in [0.717, 1.165) is 38.0 Å². The van der Waals surface area contributed by atoms with Gasteiger partial charge in [-0.15, -0.1) is 0 Å². The van der Waals surface area contributed by atoms with E-state index in [-0.39, 0.29) is 18.2 Å². The first-order chi connectivity index (χ1) is 13.1.